The third kappa shape index (κ3) is 3.09. The van der Waals surface area contributed by atoms with Crippen LogP contribution in [0.25, 0.3) is 0 Å². The second-order valence-corrected chi connectivity index (χ2v) is 2.69. The molecule has 0 saturated heterocycles. The minimum absolute atomic E-state index is 0. The fourth-order valence-corrected chi connectivity index (χ4v) is 1.13. The third-order valence-electron chi connectivity index (χ3n) is 1.06. The third-order valence-corrected chi connectivity index (χ3v) is 1.97. The van der Waals surface area contributed by atoms with Crippen molar-refractivity contribution >= 4 is 13.9 Å². The molecule has 50 valence electrons. The first-order valence-electron chi connectivity index (χ1n) is 2.66. The van der Waals surface area contributed by atoms with Gasteiger partial charge in [-0.1, -0.05) is 38.9 Å². The second kappa shape index (κ2) is 5.09. The monoisotopic (exact) mass is 226 g/mol. The summed E-state index contributed by atoms with van der Waals surface area (Å²) in [6.45, 7) is 2.19. The van der Waals surface area contributed by atoms with Gasteiger partial charge < -0.3 is 0 Å². The van der Waals surface area contributed by atoms with Crippen molar-refractivity contribution in [2.75, 3.05) is 6.66 Å². The van der Waals surface area contributed by atoms with Crippen LogP contribution in [0.15, 0.2) is 30.3 Å². The molecule has 0 heterocycles. The van der Waals surface area contributed by atoms with Gasteiger partial charge in [-0.05, 0) is 12.0 Å². The first kappa shape index (κ1) is 9.27. The molecule has 1 aromatic rings. The molecule has 0 amide bonds. The van der Waals surface area contributed by atoms with Crippen LogP contribution in [0.5, 0.6) is 0 Å². The van der Waals surface area contributed by atoms with Crippen LogP contribution in [0.3, 0.4) is 0 Å². The van der Waals surface area contributed by atoms with E-state index >= 15 is 0 Å². The first-order valence-corrected chi connectivity index (χ1v) is 4.16. The van der Waals surface area contributed by atoms with Gasteiger partial charge in [0.25, 0.3) is 0 Å². The van der Waals surface area contributed by atoms with Crippen molar-refractivity contribution in [2.24, 2.45) is 0 Å². The molecule has 0 aliphatic heterocycles. The van der Waals surface area contributed by atoms with E-state index in [4.69, 9.17) is 0 Å². The molecular formula is C7H9PRu. The number of hydrogen-bond acceptors (Lipinski definition) is 0. The van der Waals surface area contributed by atoms with Crippen LogP contribution in [0.2, 0.25) is 0 Å². The summed E-state index contributed by atoms with van der Waals surface area (Å²) >= 11 is 0. The van der Waals surface area contributed by atoms with Gasteiger partial charge in [0.05, 0.1) is 0 Å². The molecule has 2 heteroatoms. The Morgan fingerprint density at radius 2 is 1.67 bits per heavy atom. The van der Waals surface area contributed by atoms with E-state index in [1.165, 1.54) is 5.30 Å². The van der Waals surface area contributed by atoms with Crippen LogP contribution >= 0.6 is 8.58 Å². The zero-order valence-corrected chi connectivity index (χ0v) is 7.98. The van der Waals surface area contributed by atoms with Crippen molar-refractivity contribution in [3.8, 4) is 0 Å². The van der Waals surface area contributed by atoms with Gasteiger partial charge in [0.1, 0.15) is 0 Å². The van der Waals surface area contributed by atoms with Crippen molar-refractivity contribution in [3.63, 3.8) is 0 Å². The average Bonchev–Trinajstić information content (AvgIpc) is 1.90. The Balaban J connectivity index is 0.000000640. The van der Waals surface area contributed by atoms with E-state index in [9.17, 15) is 0 Å². The first-order chi connectivity index (χ1) is 3.93. The Labute approximate surface area is 70.6 Å². The molecule has 0 fully saturated rings. The topological polar surface area (TPSA) is 0 Å². The van der Waals surface area contributed by atoms with Gasteiger partial charge >= 0.3 is 0 Å². The van der Waals surface area contributed by atoms with Gasteiger partial charge in [-0.25, -0.2) is 0 Å². The summed E-state index contributed by atoms with van der Waals surface area (Å²) in [7, 11) is 0.930. The van der Waals surface area contributed by atoms with Gasteiger partial charge in [-0.2, -0.15) is 0 Å². The van der Waals surface area contributed by atoms with Gasteiger partial charge in [0.2, 0.25) is 0 Å². The zero-order chi connectivity index (χ0) is 5.82. The SMILES string of the molecule is CPc1ccccc1.[Ru]. The molecule has 1 atom stereocenters. The maximum Gasteiger partial charge on any atom is 0 e. The van der Waals surface area contributed by atoms with E-state index in [2.05, 4.69) is 30.9 Å². The summed E-state index contributed by atoms with van der Waals surface area (Å²) in [5, 5.41) is 1.44. The summed E-state index contributed by atoms with van der Waals surface area (Å²) in [5.41, 5.74) is 0. The molecule has 1 rings (SSSR count). The maximum atomic E-state index is 2.19. The van der Waals surface area contributed by atoms with Crippen LogP contribution < -0.4 is 5.30 Å². The van der Waals surface area contributed by atoms with Crippen LogP contribution in [0, 0.1) is 0 Å². The van der Waals surface area contributed by atoms with Crippen LogP contribution in [-0.4, -0.2) is 6.66 Å². The molecule has 0 aliphatic carbocycles. The summed E-state index contributed by atoms with van der Waals surface area (Å²) in [6, 6.07) is 10.5. The van der Waals surface area contributed by atoms with Gasteiger partial charge in [0.15, 0.2) is 0 Å². The molecule has 0 aromatic heterocycles. The largest absolute Gasteiger partial charge is 0.0936 e. The second-order valence-electron chi connectivity index (χ2n) is 1.62. The van der Waals surface area contributed by atoms with Gasteiger partial charge in [-0.3, -0.25) is 0 Å². The smallest absolute Gasteiger partial charge is 0 e. The number of hydrogen-bond donors (Lipinski definition) is 0. The molecule has 0 saturated carbocycles. The predicted octanol–water partition coefficient (Wildman–Crippen LogP) is 1.62. The van der Waals surface area contributed by atoms with Crippen LogP contribution in [-0.2, 0) is 19.5 Å². The summed E-state index contributed by atoms with van der Waals surface area (Å²) < 4.78 is 0. The fourth-order valence-electron chi connectivity index (χ4n) is 0.605. The molecule has 0 aliphatic rings. The normalized spacial score (nSPS) is 9.44. The van der Waals surface area contributed by atoms with Crippen molar-refractivity contribution in [1.82, 2.24) is 0 Å². The van der Waals surface area contributed by atoms with Crippen molar-refractivity contribution < 1.29 is 19.5 Å². The van der Waals surface area contributed by atoms with Crippen molar-refractivity contribution in [2.45, 2.75) is 0 Å². The molecule has 9 heavy (non-hydrogen) atoms. The molecule has 0 spiro atoms. The van der Waals surface area contributed by atoms with Crippen molar-refractivity contribution in [3.05, 3.63) is 30.3 Å². The average molecular weight is 225 g/mol. The van der Waals surface area contributed by atoms with E-state index in [1.807, 2.05) is 6.07 Å². The zero-order valence-electron chi connectivity index (χ0n) is 5.24. The number of benzene rings is 1. The Kier molecular flexibility index (Phi) is 5.24. The minimum atomic E-state index is 0. The van der Waals surface area contributed by atoms with E-state index in [0.29, 0.717) is 0 Å². The van der Waals surface area contributed by atoms with E-state index in [1.54, 1.807) is 0 Å². The Morgan fingerprint density at radius 3 is 2.00 bits per heavy atom. The van der Waals surface area contributed by atoms with Gasteiger partial charge in [-0.15, -0.1) is 0 Å². The summed E-state index contributed by atoms with van der Waals surface area (Å²) in [4.78, 5) is 0. The standard InChI is InChI=1S/C7H9P.Ru/c1-8-7-5-3-2-4-6-7;/h2-6,8H,1H3;. The fraction of sp³-hybridized carbons (Fsp3) is 0.143. The molecule has 0 bridgehead atoms. The molecule has 1 aromatic carbocycles. The Morgan fingerprint density at radius 1 is 1.11 bits per heavy atom. The predicted molar refractivity (Wildman–Crippen MR) is 40.3 cm³/mol. The molecule has 0 N–H and O–H groups in total. The quantitative estimate of drug-likeness (QED) is 0.503. The summed E-state index contributed by atoms with van der Waals surface area (Å²) in [5.74, 6) is 0. The van der Waals surface area contributed by atoms with Crippen LogP contribution in [0.1, 0.15) is 0 Å². The minimum Gasteiger partial charge on any atom is -0.0936 e. The Bertz CT molecular complexity index is 150. The molecular weight excluding hydrogens is 216 g/mol. The molecule has 0 radical (unpaired) electrons. The van der Waals surface area contributed by atoms with Gasteiger partial charge in [0, 0.05) is 19.5 Å². The van der Waals surface area contributed by atoms with E-state index in [0.717, 1.165) is 8.58 Å². The van der Waals surface area contributed by atoms with Crippen molar-refractivity contribution in [1.29, 1.82) is 0 Å². The summed E-state index contributed by atoms with van der Waals surface area (Å²) in [6.07, 6.45) is 0. The molecule has 0 nitrogen and oxygen atoms in total. The van der Waals surface area contributed by atoms with E-state index in [-0.39, 0.29) is 19.5 Å². The van der Waals surface area contributed by atoms with Crippen LogP contribution in [0.4, 0.5) is 0 Å². The van der Waals surface area contributed by atoms with E-state index < -0.39 is 0 Å². The molecule has 1 unspecified atom stereocenters. The Hall–Kier alpha value is 0.273. The number of rotatable bonds is 1. The maximum absolute atomic E-state index is 2.19.